The molecule has 0 aromatic heterocycles. The summed E-state index contributed by atoms with van der Waals surface area (Å²) in [5.74, 6) is 3.06. The Bertz CT molecular complexity index is 963. The quantitative estimate of drug-likeness (QED) is 0.279. The standard InChI is InChI=1S/C35H64N4O5/c1-20-28-15-25(35(28,3)4)16-29(20)37-34(42)32-31(21(2)41)30(19-40)44-39(32)18-23-10-9-11-27(33(23)43-8)24-12-22(17-36-5)13-26(14-24)38(6)7/h20-33,36,40-41H,9-19H2,1-8H3,(H,37,42)/t20-,21-,22?,23?,24?,25+,26?,27?,28-,29-,30-,31+,32-,33?/m0/s1. The van der Waals surface area contributed by atoms with E-state index in [1.54, 1.807) is 6.92 Å². The molecule has 254 valence electrons. The maximum atomic E-state index is 14.2. The van der Waals surface area contributed by atoms with Crippen molar-refractivity contribution in [3.63, 3.8) is 0 Å². The number of rotatable bonds is 11. The summed E-state index contributed by atoms with van der Waals surface area (Å²) in [6.07, 6.45) is 7.95. The second kappa shape index (κ2) is 14.1. The first-order valence-corrected chi connectivity index (χ1v) is 17.8. The molecule has 6 unspecified atom stereocenters. The zero-order chi connectivity index (χ0) is 31.9. The van der Waals surface area contributed by atoms with Crippen molar-refractivity contribution in [2.24, 2.45) is 52.8 Å². The summed E-state index contributed by atoms with van der Waals surface area (Å²) in [5.41, 5.74) is 0.345. The van der Waals surface area contributed by atoms with Crippen LogP contribution >= 0.6 is 0 Å². The number of nitrogens with zero attached hydrogens (tertiary/aromatic N) is 2. The van der Waals surface area contributed by atoms with E-state index >= 15 is 0 Å². The highest BCUT2D eigenvalue weighted by Crippen LogP contribution is 2.61. The molecule has 0 radical (unpaired) electrons. The van der Waals surface area contributed by atoms with E-state index < -0.39 is 24.2 Å². The lowest BCUT2D eigenvalue weighted by Crippen LogP contribution is -2.62. The summed E-state index contributed by atoms with van der Waals surface area (Å²) >= 11 is 0. The first-order chi connectivity index (χ1) is 20.9. The minimum Gasteiger partial charge on any atom is -0.394 e. The van der Waals surface area contributed by atoms with E-state index in [-0.39, 0.29) is 30.6 Å². The second-order valence-corrected chi connectivity index (χ2v) is 16.3. The highest BCUT2D eigenvalue weighted by atomic mass is 16.7. The van der Waals surface area contributed by atoms with Gasteiger partial charge in [-0.1, -0.05) is 27.2 Å². The van der Waals surface area contributed by atoms with Crippen molar-refractivity contribution in [3.8, 4) is 0 Å². The number of carbonyl (C=O) groups excluding carboxylic acids is 1. The predicted molar refractivity (Wildman–Crippen MR) is 173 cm³/mol. The van der Waals surface area contributed by atoms with Gasteiger partial charge in [0.25, 0.3) is 0 Å². The summed E-state index contributed by atoms with van der Waals surface area (Å²) in [5, 5.41) is 29.9. The first-order valence-electron chi connectivity index (χ1n) is 17.8. The molecule has 14 atom stereocenters. The number of hydroxylamine groups is 2. The van der Waals surface area contributed by atoms with Crippen molar-refractivity contribution in [2.45, 2.75) is 115 Å². The number of aliphatic hydroxyl groups excluding tert-OH is 2. The highest BCUT2D eigenvalue weighted by Gasteiger charge is 2.57. The first kappa shape index (κ1) is 34.5. The summed E-state index contributed by atoms with van der Waals surface area (Å²) in [6.45, 7) is 10.2. The van der Waals surface area contributed by atoms with Crippen molar-refractivity contribution >= 4 is 5.91 Å². The van der Waals surface area contributed by atoms with Gasteiger partial charge in [-0.3, -0.25) is 9.63 Å². The lowest BCUT2D eigenvalue weighted by molar-refractivity contribution is -0.193. The Morgan fingerprint density at radius 1 is 1.16 bits per heavy atom. The molecule has 1 amide bonds. The molecule has 44 heavy (non-hydrogen) atoms. The molecular formula is C35H64N4O5. The fraction of sp³-hybridized carbons (Fsp3) is 0.971. The maximum Gasteiger partial charge on any atom is 0.240 e. The Balaban J connectivity index is 1.32. The lowest BCUT2D eigenvalue weighted by atomic mass is 9.45. The Labute approximate surface area is 267 Å². The van der Waals surface area contributed by atoms with Crippen molar-refractivity contribution in [1.82, 2.24) is 20.6 Å². The fourth-order valence-corrected chi connectivity index (χ4v) is 10.8. The number of amides is 1. The van der Waals surface area contributed by atoms with Crippen LogP contribution in [0.25, 0.3) is 0 Å². The average molecular weight is 621 g/mol. The predicted octanol–water partition coefficient (Wildman–Crippen LogP) is 3.14. The molecule has 5 saturated carbocycles. The van der Waals surface area contributed by atoms with Crippen LogP contribution in [0.4, 0.5) is 0 Å². The summed E-state index contributed by atoms with van der Waals surface area (Å²) in [4.78, 5) is 22.9. The van der Waals surface area contributed by atoms with Crippen LogP contribution < -0.4 is 10.6 Å². The molecule has 1 heterocycles. The molecule has 6 rings (SSSR count). The van der Waals surface area contributed by atoms with Gasteiger partial charge in [0.15, 0.2) is 0 Å². The number of fused-ring (bicyclic) bond motifs is 2. The molecule has 9 heteroatoms. The van der Waals surface area contributed by atoms with Crippen LogP contribution in [-0.4, -0.2) is 110 Å². The largest absolute Gasteiger partial charge is 0.394 e. The summed E-state index contributed by atoms with van der Waals surface area (Å²) < 4.78 is 6.35. The van der Waals surface area contributed by atoms with Crippen LogP contribution in [0, 0.1) is 52.8 Å². The van der Waals surface area contributed by atoms with Gasteiger partial charge in [0.2, 0.25) is 5.91 Å². The van der Waals surface area contributed by atoms with Gasteiger partial charge >= 0.3 is 0 Å². The number of hydrogen-bond donors (Lipinski definition) is 4. The zero-order valence-corrected chi connectivity index (χ0v) is 28.9. The van der Waals surface area contributed by atoms with Gasteiger partial charge in [-0.05, 0) is 120 Å². The van der Waals surface area contributed by atoms with Gasteiger partial charge in [0.05, 0.1) is 18.8 Å². The van der Waals surface area contributed by atoms with Gasteiger partial charge < -0.3 is 30.5 Å². The van der Waals surface area contributed by atoms with Crippen LogP contribution in [0.3, 0.4) is 0 Å². The number of aliphatic hydroxyl groups is 2. The molecular weight excluding hydrogens is 556 g/mol. The van der Waals surface area contributed by atoms with E-state index in [4.69, 9.17) is 9.57 Å². The zero-order valence-electron chi connectivity index (χ0n) is 28.9. The van der Waals surface area contributed by atoms with Crippen molar-refractivity contribution in [2.75, 3.05) is 47.9 Å². The Hall–Kier alpha value is -0.810. The van der Waals surface area contributed by atoms with E-state index in [1.807, 2.05) is 12.2 Å². The Kier molecular flexibility index (Phi) is 11.1. The minimum absolute atomic E-state index is 0.0693. The molecule has 0 spiro atoms. The molecule has 9 nitrogen and oxygen atoms in total. The molecule has 0 aromatic rings. The van der Waals surface area contributed by atoms with Crippen LogP contribution in [0.2, 0.25) is 0 Å². The molecule has 1 aliphatic heterocycles. The lowest BCUT2D eigenvalue weighted by Gasteiger charge is -2.62. The second-order valence-electron chi connectivity index (χ2n) is 16.3. The van der Waals surface area contributed by atoms with Gasteiger partial charge in [-0.25, -0.2) is 0 Å². The molecule has 6 fully saturated rings. The van der Waals surface area contributed by atoms with Crippen LogP contribution in [0.1, 0.15) is 79.1 Å². The van der Waals surface area contributed by atoms with E-state index in [0.717, 1.165) is 25.8 Å². The summed E-state index contributed by atoms with van der Waals surface area (Å²) in [7, 11) is 8.34. The van der Waals surface area contributed by atoms with E-state index in [0.29, 0.717) is 53.5 Å². The van der Waals surface area contributed by atoms with Crippen molar-refractivity contribution in [3.05, 3.63) is 0 Å². The number of methoxy groups -OCH3 is 1. The minimum atomic E-state index is -0.782. The maximum absolute atomic E-state index is 14.2. The monoisotopic (exact) mass is 620 g/mol. The molecule has 1 saturated heterocycles. The van der Waals surface area contributed by atoms with Gasteiger partial charge in [0.1, 0.15) is 12.1 Å². The van der Waals surface area contributed by atoms with Gasteiger partial charge in [-0.2, -0.15) is 5.06 Å². The van der Waals surface area contributed by atoms with E-state index in [9.17, 15) is 15.0 Å². The number of nitrogens with one attached hydrogen (secondary N) is 2. The third-order valence-electron chi connectivity index (χ3n) is 13.4. The average Bonchev–Trinajstić information content (AvgIpc) is 3.36. The van der Waals surface area contributed by atoms with Crippen molar-refractivity contribution in [1.29, 1.82) is 0 Å². The Morgan fingerprint density at radius 2 is 1.91 bits per heavy atom. The molecule has 4 N–H and O–H groups in total. The third-order valence-corrected chi connectivity index (χ3v) is 13.4. The number of carbonyl (C=O) groups is 1. The third kappa shape index (κ3) is 6.63. The van der Waals surface area contributed by atoms with Gasteiger partial charge in [-0.15, -0.1) is 0 Å². The highest BCUT2D eigenvalue weighted by molar-refractivity contribution is 5.82. The van der Waals surface area contributed by atoms with Gasteiger partial charge in [0, 0.05) is 37.6 Å². The smallest absolute Gasteiger partial charge is 0.240 e. The van der Waals surface area contributed by atoms with E-state index in [2.05, 4.69) is 57.4 Å². The SMILES string of the molecule is CNCC1CC(C2CCCC(CN3O[C@@H](CO)[C@@H]([C@H](C)O)[C@H]3C(=O)N[C@H]3C[C@H]4C[C@@H]([C@@H]3C)C4(C)C)C2OC)CC(N(C)C)C1. The molecule has 5 aliphatic carbocycles. The molecule has 6 aliphatic rings. The van der Waals surface area contributed by atoms with Crippen LogP contribution in [0.15, 0.2) is 0 Å². The van der Waals surface area contributed by atoms with Crippen molar-refractivity contribution < 1.29 is 24.6 Å². The number of ether oxygens (including phenoxy) is 1. The number of hydrogen-bond acceptors (Lipinski definition) is 8. The molecule has 0 aromatic carbocycles. The normalized spacial score (nSPS) is 44.8. The van der Waals surface area contributed by atoms with Crippen LogP contribution in [-0.2, 0) is 14.4 Å². The van der Waals surface area contributed by atoms with Crippen LogP contribution in [0.5, 0.6) is 0 Å². The summed E-state index contributed by atoms with van der Waals surface area (Å²) in [6, 6.07) is 0.0726. The topological polar surface area (TPSA) is 107 Å². The fourth-order valence-electron chi connectivity index (χ4n) is 10.8. The molecule has 2 bridgehead atoms. The van der Waals surface area contributed by atoms with E-state index in [1.165, 1.54) is 32.1 Å². The Morgan fingerprint density at radius 3 is 2.50 bits per heavy atom.